The summed E-state index contributed by atoms with van der Waals surface area (Å²) >= 11 is 6.05. The van der Waals surface area contributed by atoms with Crippen molar-refractivity contribution >= 4 is 23.8 Å². The van der Waals surface area contributed by atoms with Gasteiger partial charge in [0.05, 0.1) is 17.6 Å². The molecule has 0 bridgehead atoms. The Bertz CT molecular complexity index is 1070. The van der Waals surface area contributed by atoms with E-state index < -0.39 is 0 Å². The minimum atomic E-state index is 0.517. The number of anilines is 1. The average Bonchev–Trinajstić information content (AvgIpc) is 2.78. The SMILES string of the molecule is CN(N=Cc1cccc(Cl)c1)c1nc(-c2ccccc2)cc(-c2ccccc2)n1. The highest BCUT2D eigenvalue weighted by atomic mass is 35.5. The normalized spacial score (nSPS) is 11.0. The van der Waals surface area contributed by atoms with Crippen molar-refractivity contribution in [3.8, 4) is 22.5 Å². The summed E-state index contributed by atoms with van der Waals surface area (Å²) in [6.45, 7) is 0. The van der Waals surface area contributed by atoms with Gasteiger partial charge in [0.1, 0.15) is 0 Å². The molecule has 0 aliphatic heterocycles. The predicted octanol–water partition coefficient (Wildman–Crippen LogP) is 5.93. The smallest absolute Gasteiger partial charge is 0.235 e. The van der Waals surface area contributed by atoms with Crippen LogP contribution in [-0.4, -0.2) is 23.2 Å². The van der Waals surface area contributed by atoms with Crippen LogP contribution in [0.5, 0.6) is 0 Å². The summed E-state index contributed by atoms with van der Waals surface area (Å²) in [6.07, 6.45) is 1.74. The number of halogens is 1. The lowest BCUT2D eigenvalue weighted by Gasteiger charge is -2.14. The van der Waals surface area contributed by atoms with E-state index >= 15 is 0 Å². The molecule has 0 atom stereocenters. The molecular formula is C24H19ClN4. The van der Waals surface area contributed by atoms with Crippen molar-refractivity contribution in [3.63, 3.8) is 0 Å². The van der Waals surface area contributed by atoms with Crippen molar-refractivity contribution in [2.45, 2.75) is 0 Å². The van der Waals surface area contributed by atoms with Crippen LogP contribution in [0.3, 0.4) is 0 Å². The molecule has 0 aliphatic rings. The molecule has 0 spiro atoms. The van der Waals surface area contributed by atoms with E-state index in [1.165, 1.54) is 0 Å². The monoisotopic (exact) mass is 398 g/mol. The molecule has 1 heterocycles. The zero-order valence-electron chi connectivity index (χ0n) is 15.9. The van der Waals surface area contributed by atoms with Crippen molar-refractivity contribution < 1.29 is 0 Å². The highest BCUT2D eigenvalue weighted by Gasteiger charge is 2.11. The molecule has 0 amide bonds. The minimum absolute atomic E-state index is 0.517. The minimum Gasteiger partial charge on any atom is -0.235 e. The third-order valence-electron chi connectivity index (χ3n) is 4.37. The van der Waals surface area contributed by atoms with Crippen LogP contribution in [0.25, 0.3) is 22.5 Å². The van der Waals surface area contributed by atoms with E-state index in [1.807, 2.05) is 98.0 Å². The van der Waals surface area contributed by atoms with E-state index in [0.29, 0.717) is 11.0 Å². The van der Waals surface area contributed by atoms with Crippen LogP contribution in [0.2, 0.25) is 5.02 Å². The summed E-state index contributed by atoms with van der Waals surface area (Å²) in [5.74, 6) is 0.517. The van der Waals surface area contributed by atoms with Crippen LogP contribution < -0.4 is 5.01 Å². The van der Waals surface area contributed by atoms with Gasteiger partial charge in [0.15, 0.2) is 0 Å². The largest absolute Gasteiger partial charge is 0.247 e. The lowest BCUT2D eigenvalue weighted by atomic mass is 10.1. The van der Waals surface area contributed by atoms with Crippen molar-refractivity contribution in [2.24, 2.45) is 5.10 Å². The number of hydrogen-bond donors (Lipinski definition) is 0. The molecule has 3 aromatic carbocycles. The molecule has 4 nitrogen and oxygen atoms in total. The quantitative estimate of drug-likeness (QED) is 0.309. The number of hydrazone groups is 1. The van der Waals surface area contributed by atoms with Gasteiger partial charge in [0.2, 0.25) is 5.95 Å². The van der Waals surface area contributed by atoms with E-state index in [2.05, 4.69) is 5.10 Å². The van der Waals surface area contributed by atoms with Crippen molar-refractivity contribution in [1.29, 1.82) is 0 Å². The van der Waals surface area contributed by atoms with Gasteiger partial charge in [-0.05, 0) is 23.8 Å². The number of rotatable bonds is 5. The fourth-order valence-electron chi connectivity index (χ4n) is 2.88. The molecule has 0 saturated carbocycles. The highest BCUT2D eigenvalue weighted by molar-refractivity contribution is 6.30. The summed E-state index contributed by atoms with van der Waals surface area (Å²) < 4.78 is 0. The van der Waals surface area contributed by atoms with Gasteiger partial charge in [0, 0.05) is 23.2 Å². The number of aromatic nitrogens is 2. The van der Waals surface area contributed by atoms with Crippen LogP contribution in [0.15, 0.2) is 96.1 Å². The maximum Gasteiger partial charge on any atom is 0.247 e. The number of benzene rings is 3. The maximum absolute atomic E-state index is 6.05. The second kappa shape index (κ2) is 8.67. The second-order valence-corrected chi connectivity index (χ2v) is 6.93. The number of hydrogen-bond acceptors (Lipinski definition) is 4. The highest BCUT2D eigenvalue weighted by Crippen LogP contribution is 2.26. The Morgan fingerprint density at radius 1 is 0.759 bits per heavy atom. The van der Waals surface area contributed by atoms with Gasteiger partial charge < -0.3 is 0 Å². The Labute approximate surface area is 175 Å². The first-order valence-corrected chi connectivity index (χ1v) is 9.60. The Morgan fingerprint density at radius 2 is 1.34 bits per heavy atom. The van der Waals surface area contributed by atoms with Gasteiger partial charge in [-0.2, -0.15) is 5.10 Å². The Balaban J connectivity index is 1.73. The van der Waals surface area contributed by atoms with E-state index in [-0.39, 0.29) is 0 Å². The third kappa shape index (κ3) is 4.68. The van der Waals surface area contributed by atoms with Crippen molar-refractivity contribution in [2.75, 3.05) is 12.1 Å². The summed E-state index contributed by atoms with van der Waals surface area (Å²) in [5.41, 5.74) is 4.66. The van der Waals surface area contributed by atoms with Crippen LogP contribution in [-0.2, 0) is 0 Å². The van der Waals surface area contributed by atoms with E-state index in [0.717, 1.165) is 28.1 Å². The summed E-state index contributed by atoms with van der Waals surface area (Å²) in [4.78, 5) is 9.47. The molecule has 4 rings (SSSR count). The first kappa shape index (κ1) is 18.8. The lowest BCUT2D eigenvalue weighted by Crippen LogP contribution is -2.13. The van der Waals surface area contributed by atoms with Crippen molar-refractivity contribution in [3.05, 3.63) is 102 Å². The van der Waals surface area contributed by atoms with Gasteiger partial charge in [0.25, 0.3) is 0 Å². The summed E-state index contributed by atoms with van der Waals surface area (Å²) in [7, 11) is 1.83. The van der Waals surface area contributed by atoms with Gasteiger partial charge in [-0.1, -0.05) is 84.4 Å². The van der Waals surface area contributed by atoms with Crippen LogP contribution in [0, 0.1) is 0 Å². The molecule has 0 N–H and O–H groups in total. The van der Waals surface area contributed by atoms with Crippen LogP contribution in [0.4, 0.5) is 5.95 Å². The van der Waals surface area contributed by atoms with Crippen molar-refractivity contribution in [1.82, 2.24) is 9.97 Å². The van der Waals surface area contributed by atoms with Gasteiger partial charge in [-0.25, -0.2) is 15.0 Å². The van der Waals surface area contributed by atoms with Gasteiger partial charge >= 0.3 is 0 Å². The predicted molar refractivity (Wildman–Crippen MR) is 120 cm³/mol. The average molecular weight is 399 g/mol. The fraction of sp³-hybridized carbons (Fsp3) is 0.0417. The van der Waals surface area contributed by atoms with Gasteiger partial charge in [-0.15, -0.1) is 0 Å². The maximum atomic E-state index is 6.05. The molecule has 0 aliphatic carbocycles. The number of nitrogens with zero attached hydrogens (tertiary/aromatic N) is 4. The first-order chi connectivity index (χ1) is 14.2. The molecule has 4 aromatic rings. The molecular weight excluding hydrogens is 380 g/mol. The molecule has 142 valence electrons. The molecule has 0 fully saturated rings. The van der Waals surface area contributed by atoms with E-state index in [9.17, 15) is 0 Å². The zero-order valence-corrected chi connectivity index (χ0v) is 16.7. The molecule has 0 radical (unpaired) electrons. The van der Waals surface area contributed by atoms with Crippen LogP contribution >= 0.6 is 11.6 Å². The van der Waals surface area contributed by atoms with E-state index in [1.54, 1.807) is 11.2 Å². The standard InChI is InChI=1S/C24H19ClN4/c1-29(26-17-18-9-8-14-21(25)15-18)24-27-22(19-10-4-2-5-11-19)16-23(28-24)20-12-6-3-7-13-20/h2-17H,1H3. The molecule has 29 heavy (non-hydrogen) atoms. The first-order valence-electron chi connectivity index (χ1n) is 9.22. The van der Waals surface area contributed by atoms with E-state index in [4.69, 9.17) is 21.6 Å². The second-order valence-electron chi connectivity index (χ2n) is 6.49. The Morgan fingerprint density at radius 3 is 1.90 bits per heavy atom. The summed E-state index contributed by atoms with van der Waals surface area (Å²) in [6, 6.07) is 29.7. The topological polar surface area (TPSA) is 41.4 Å². The van der Waals surface area contributed by atoms with Gasteiger partial charge in [-0.3, -0.25) is 0 Å². The Hall–Kier alpha value is -3.50. The third-order valence-corrected chi connectivity index (χ3v) is 4.61. The zero-order chi connectivity index (χ0) is 20.1. The molecule has 1 aromatic heterocycles. The molecule has 0 saturated heterocycles. The Kier molecular flexibility index (Phi) is 5.63. The molecule has 5 heteroatoms. The summed E-state index contributed by atoms with van der Waals surface area (Å²) in [5, 5.41) is 6.84. The lowest BCUT2D eigenvalue weighted by molar-refractivity contribution is 0.938. The fourth-order valence-corrected chi connectivity index (χ4v) is 3.08. The molecule has 0 unspecified atom stereocenters. The van der Waals surface area contributed by atoms with Crippen LogP contribution in [0.1, 0.15) is 5.56 Å².